The number of rotatable bonds is 4. The zero-order chi connectivity index (χ0) is 13.0. The molecule has 1 aliphatic rings. The number of nitrogens with zero attached hydrogens (tertiary/aromatic N) is 3. The van der Waals surface area contributed by atoms with Crippen molar-refractivity contribution in [3.8, 4) is 0 Å². The fourth-order valence-electron chi connectivity index (χ4n) is 2.36. The van der Waals surface area contributed by atoms with Gasteiger partial charge >= 0.3 is 0 Å². The van der Waals surface area contributed by atoms with Gasteiger partial charge in [-0.3, -0.25) is 4.98 Å². The van der Waals surface area contributed by atoms with E-state index in [4.69, 9.17) is 11.6 Å². The highest BCUT2D eigenvalue weighted by Crippen LogP contribution is 2.18. The van der Waals surface area contributed by atoms with Crippen LogP contribution in [0.3, 0.4) is 0 Å². The SMILES string of the molecule is CC(C)N(CC1CCCCN1)c1cncc(Cl)n1. The summed E-state index contributed by atoms with van der Waals surface area (Å²) in [5, 5.41) is 4.02. The molecule has 18 heavy (non-hydrogen) atoms. The summed E-state index contributed by atoms with van der Waals surface area (Å²) in [6, 6.07) is 0.934. The maximum Gasteiger partial charge on any atom is 0.149 e. The maximum atomic E-state index is 5.92. The first kappa shape index (κ1) is 13.6. The number of anilines is 1. The molecular formula is C13H21ClN4. The van der Waals surface area contributed by atoms with Crippen molar-refractivity contribution < 1.29 is 0 Å². The third-order valence-corrected chi connectivity index (χ3v) is 3.52. The minimum atomic E-state index is 0.390. The highest BCUT2D eigenvalue weighted by Gasteiger charge is 2.20. The van der Waals surface area contributed by atoms with Crippen LogP contribution >= 0.6 is 11.6 Å². The van der Waals surface area contributed by atoms with E-state index in [0.29, 0.717) is 17.2 Å². The quantitative estimate of drug-likeness (QED) is 0.911. The minimum Gasteiger partial charge on any atom is -0.351 e. The van der Waals surface area contributed by atoms with E-state index in [9.17, 15) is 0 Å². The van der Waals surface area contributed by atoms with Crippen molar-refractivity contribution in [1.29, 1.82) is 0 Å². The van der Waals surface area contributed by atoms with E-state index in [0.717, 1.165) is 18.9 Å². The predicted molar refractivity (Wildman–Crippen MR) is 75.2 cm³/mol. The van der Waals surface area contributed by atoms with Crippen molar-refractivity contribution in [1.82, 2.24) is 15.3 Å². The second kappa shape index (κ2) is 6.34. The fraction of sp³-hybridized carbons (Fsp3) is 0.692. The molecule has 1 atom stereocenters. The van der Waals surface area contributed by atoms with Crippen LogP contribution in [0, 0.1) is 0 Å². The monoisotopic (exact) mass is 268 g/mol. The summed E-state index contributed by atoms with van der Waals surface area (Å²) < 4.78 is 0. The van der Waals surface area contributed by atoms with Gasteiger partial charge in [0.1, 0.15) is 11.0 Å². The average Bonchev–Trinajstić information content (AvgIpc) is 2.37. The lowest BCUT2D eigenvalue weighted by Crippen LogP contribution is -2.46. The Morgan fingerprint density at radius 3 is 2.89 bits per heavy atom. The average molecular weight is 269 g/mol. The van der Waals surface area contributed by atoms with Gasteiger partial charge in [0.2, 0.25) is 0 Å². The topological polar surface area (TPSA) is 41.0 Å². The van der Waals surface area contributed by atoms with E-state index in [-0.39, 0.29) is 0 Å². The summed E-state index contributed by atoms with van der Waals surface area (Å²) in [5.74, 6) is 0.866. The molecular weight excluding hydrogens is 248 g/mol. The molecule has 2 heterocycles. The minimum absolute atomic E-state index is 0.390. The molecule has 1 aliphatic heterocycles. The molecule has 1 N–H and O–H groups in total. The second-order valence-electron chi connectivity index (χ2n) is 5.09. The Bertz CT molecular complexity index is 377. The first-order valence-corrected chi connectivity index (χ1v) is 7.02. The molecule has 2 rings (SSSR count). The molecule has 0 aliphatic carbocycles. The van der Waals surface area contributed by atoms with Gasteiger partial charge in [0, 0.05) is 18.6 Å². The number of piperidine rings is 1. The molecule has 1 aromatic rings. The number of hydrogen-bond acceptors (Lipinski definition) is 4. The lowest BCUT2D eigenvalue weighted by molar-refractivity contribution is 0.392. The molecule has 1 saturated heterocycles. The van der Waals surface area contributed by atoms with Gasteiger partial charge in [-0.15, -0.1) is 0 Å². The van der Waals surface area contributed by atoms with Crippen molar-refractivity contribution in [3.05, 3.63) is 17.5 Å². The van der Waals surface area contributed by atoms with Gasteiger partial charge < -0.3 is 10.2 Å². The van der Waals surface area contributed by atoms with Crippen molar-refractivity contribution >= 4 is 17.4 Å². The number of nitrogens with one attached hydrogen (secondary N) is 1. The van der Waals surface area contributed by atoms with Crippen molar-refractivity contribution in [2.24, 2.45) is 0 Å². The first-order valence-electron chi connectivity index (χ1n) is 6.64. The van der Waals surface area contributed by atoms with Crippen LogP contribution in [-0.4, -0.2) is 35.1 Å². The van der Waals surface area contributed by atoms with Gasteiger partial charge in [0.15, 0.2) is 0 Å². The van der Waals surface area contributed by atoms with Crippen LogP contribution < -0.4 is 10.2 Å². The van der Waals surface area contributed by atoms with Crippen molar-refractivity contribution in [2.45, 2.75) is 45.2 Å². The molecule has 5 heteroatoms. The van der Waals surface area contributed by atoms with Gasteiger partial charge in [-0.25, -0.2) is 4.98 Å². The van der Waals surface area contributed by atoms with Crippen LogP contribution in [0.25, 0.3) is 0 Å². The first-order chi connectivity index (χ1) is 8.66. The van der Waals surface area contributed by atoms with Crippen LogP contribution in [0.5, 0.6) is 0 Å². The van der Waals surface area contributed by atoms with Gasteiger partial charge in [-0.2, -0.15) is 0 Å². The Labute approximate surface area is 114 Å². The van der Waals surface area contributed by atoms with Crippen LogP contribution in [0.4, 0.5) is 5.82 Å². The summed E-state index contributed by atoms with van der Waals surface area (Å²) in [5.41, 5.74) is 0. The van der Waals surface area contributed by atoms with Crippen LogP contribution in [0.15, 0.2) is 12.4 Å². The third-order valence-electron chi connectivity index (χ3n) is 3.34. The Hall–Kier alpha value is -0.870. The van der Waals surface area contributed by atoms with E-state index < -0.39 is 0 Å². The van der Waals surface area contributed by atoms with E-state index in [1.807, 2.05) is 0 Å². The smallest absolute Gasteiger partial charge is 0.149 e. The highest BCUT2D eigenvalue weighted by atomic mass is 35.5. The third kappa shape index (κ3) is 3.56. The van der Waals surface area contributed by atoms with Crippen molar-refractivity contribution in [2.75, 3.05) is 18.0 Å². The zero-order valence-corrected chi connectivity index (χ0v) is 11.8. The zero-order valence-electron chi connectivity index (χ0n) is 11.1. The van der Waals surface area contributed by atoms with E-state index in [2.05, 4.69) is 34.0 Å². The Morgan fingerprint density at radius 2 is 2.28 bits per heavy atom. The predicted octanol–water partition coefficient (Wildman–Crippen LogP) is 2.49. The normalized spacial score (nSPS) is 20.1. The Balaban J connectivity index is 2.07. The van der Waals surface area contributed by atoms with Gasteiger partial charge in [0.05, 0.1) is 12.4 Å². The molecule has 0 aromatic carbocycles. The number of aromatic nitrogens is 2. The van der Waals surface area contributed by atoms with E-state index >= 15 is 0 Å². The summed E-state index contributed by atoms with van der Waals surface area (Å²) >= 11 is 5.92. The second-order valence-corrected chi connectivity index (χ2v) is 5.48. The summed E-state index contributed by atoms with van der Waals surface area (Å²) in [7, 11) is 0. The largest absolute Gasteiger partial charge is 0.351 e. The van der Waals surface area contributed by atoms with E-state index in [1.165, 1.54) is 19.3 Å². The molecule has 0 saturated carbocycles. The summed E-state index contributed by atoms with van der Waals surface area (Å²) in [6.07, 6.45) is 7.19. The Morgan fingerprint density at radius 1 is 1.44 bits per heavy atom. The Kier molecular flexibility index (Phi) is 4.78. The molecule has 0 amide bonds. The van der Waals surface area contributed by atoms with Gasteiger partial charge in [-0.1, -0.05) is 18.0 Å². The van der Waals surface area contributed by atoms with Crippen LogP contribution in [0.1, 0.15) is 33.1 Å². The van der Waals surface area contributed by atoms with Crippen LogP contribution in [-0.2, 0) is 0 Å². The van der Waals surface area contributed by atoms with Crippen molar-refractivity contribution in [3.63, 3.8) is 0 Å². The molecule has 0 spiro atoms. The molecule has 4 nitrogen and oxygen atoms in total. The molecule has 0 bridgehead atoms. The maximum absolute atomic E-state index is 5.92. The number of halogens is 1. The molecule has 100 valence electrons. The number of hydrogen-bond donors (Lipinski definition) is 1. The summed E-state index contributed by atoms with van der Waals surface area (Å²) in [4.78, 5) is 10.8. The standard InChI is InChI=1S/C13H21ClN4/c1-10(2)18(9-11-5-3-4-6-16-11)13-8-15-7-12(14)17-13/h7-8,10-11,16H,3-6,9H2,1-2H3. The lowest BCUT2D eigenvalue weighted by Gasteiger charge is -2.33. The molecule has 1 unspecified atom stereocenters. The fourth-order valence-corrected chi connectivity index (χ4v) is 2.50. The molecule has 1 fully saturated rings. The molecule has 0 radical (unpaired) electrons. The summed E-state index contributed by atoms with van der Waals surface area (Å²) in [6.45, 7) is 6.43. The van der Waals surface area contributed by atoms with Gasteiger partial charge in [0.25, 0.3) is 0 Å². The van der Waals surface area contributed by atoms with E-state index in [1.54, 1.807) is 12.4 Å². The van der Waals surface area contributed by atoms with Gasteiger partial charge in [-0.05, 0) is 33.2 Å². The highest BCUT2D eigenvalue weighted by molar-refractivity contribution is 6.29. The molecule has 1 aromatic heterocycles. The lowest BCUT2D eigenvalue weighted by atomic mass is 10.0. The van der Waals surface area contributed by atoms with Crippen LogP contribution in [0.2, 0.25) is 5.15 Å².